The molecule has 3 nitrogen and oxygen atoms in total. The molecule has 0 aromatic heterocycles. The normalized spacial score (nSPS) is 10.1. The van der Waals surface area contributed by atoms with E-state index in [1.54, 1.807) is 12.1 Å². The van der Waals surface area contributed by atoms with Crippen molar-refractivity contribution in [3.8, 4) is 17.2 Å². The summed E-state index contributed by atoms with van der Waals surface area (Å²) in [6.45, 7) is 0. The highest BCUT2D eigenvalue weighted by Gasteiger charge is 2.05. The zero-order valence-electron chi connectivity index (χ0n) is 12.1. The number of methoxy groups -OCH3 is 1. The van der Waals surface area contributed by atoms with Crippen LogP contribution in [-0.4, -0.2) is 17.3 Å². The summed E-state index contributed by atoms with van der Waals surface area (Å²) in [7, 11) is 1.48. The van der Waals surface area contributed by atoms with Gasteiger partial charge in [-0.2, -0.15) is 0 Å². The monoisotopic (exact) mass is 414 g/mol. The van der Waals surface area contributed by atoms with Crippen LogP contribution in [0, 0.1) is 0 Å². The highest BCUT2D eigenvalue weighted by molar-refractivity contribution is 9.10. The third kappa shape index (κ3) is 4.67. The van der Waals surface area contributed by atoms with E-state index in [0.29, 0.717) is 16.5 Å². The van der Waals surface area contributed by atoms with Gasteiger partial charge >= 0.3 is 0 Å². The minimum absolute atomic E-state index is 0.0440. The zero-order valence-corrected chi connectivity index (χ0v) is 15.2. The van der Waals surface area contributed by atoms with E-state index in [0.717, 1.165) is 15.2 Å². The highest BCUT2D eigenvalue weighted by atomic mass is 79.9. The van der Waals surface area contributed by atoms with E-state index in [1.807, 2.05) is 24.3 Å². The van der Waals surface area contributed by atoms with E-state index >= 15 is 0 Å². The smallest absolute Gasteiger partial charge is 0.139 e. The second-order valence-electron chi connectivity index (χ2n) is 4.61. The number of ether oxygens (including phenoxy) is 1. The number of benzene rings is 3. The predicted octanol–water partition coefficient (Wildman–Crippen LogP) is 6.02. The first-order chi connectivity index (χ1) is 10.9. The zero-order chi connectivity index (χ0) is 17.0. The Labute approximate surface area is 152 Å². The molecular weight excluding hydrogens is 403 g/mol. The van der Waals surface area contributed by atoms with Gasteiger partial charge in [-0.15, -0.1) is 0 Å². The lowest BCUT2D eigenvalue weighted by molar-refractivity contribution is 0.412. The molecule has 23 heavy (non-hydrogen) atoms. The molecule has 2 N–H and O–H groups in total. The van der Waals surface area contributed by atoms with Crippen LogP contribution in [-0.2, 0) is 0 Å². The maximum absolute atomic E-state index is 9.19. The molecule has 0 unspecified atom stereocenters. The third-order valence-electron chi connectivity index (χ3n) is 3.01. The number of fused-ring (bicyclic) bond motifs is 1. The van der Waals surface area contributed by atoms with Crippen LogP contribution in [0.3, 0.4) is 0 Å². The summed E-state index contributed by atoms with van der Waals surface area (Å²) in [6, 6.07) is 14.1. The standard InChI is InChI=1S/C10H7BrO.C7H6Cl2O2/c11-9-3-1-8-6-10(12)4-2-7(8)5-9;1-11-7-3-4(8)6(10)2-5(7)9/h1-6,12H;2-3,10H,1H3. The van der Waals surface area contributed by atoms with Crippen LogP contribution in [0.25, 0.3) is 10.8 Å². The summed E-state index contributed by atoms with van der Waals surface area (Å²) in [5.74, 6) is 0.719. The number of halogens is 3. The van der Waals surface area contributed by atoms with E-state index in [9.17, 15) is 5.11 Å². The van der Waals surface area contributed by atoms with Gasteiger partial charge in [0, 0.05) is 16.6 Å². The number of hydrogen-bond acceptors (Lipinski definition) is 3. The fourth-order valence-corrected chi connectivity index (χ4v) is 2.65. The summed E-state index contributed by atoms with van der Waals surface area (Å²) in [4.78, 5) is 0. The van der Waals surface area contributed by atoms with Gasteiger partial charge in [0.05, 0.1) is 17.2 Å². The fraction of sp³-hybridized carbons (Fsp3) is 0.0588. The Morgan fingerprint density at radius 3 is 2.22 bits per heavy atom. The van der Waals surface area contributed by atoms with Crippen molar-refractivity contribution in [1.82, 2.24) is 0 Å². The van der Waals surface area contributed by atoms with Crippen molar-refractivity contribution in [2.45, 2.75) is 0 Å². The molecule has 0 atom stereocenters. The highest BCUT2D eigenvalue weighted by Crippen LogP contribution is 2.34. The molecule has 0 bridgehead atoms. The van der Waals surface area contributed by atoms with E-state index < -0.39 is 0 Å². The molecule has 0 saturated heterocycles. The van der Waals surface area contributed by atoms with Crippen LogP contribution in [0.2, 0.25) is 10.0 Å². The second kappa shape index (κ2) is 7.77. The van der Waals surface area contributed by atoms with Crippen LogP contribution in [0.15, 0.2) is 53.0 Å². The lowest BCUT2D eigenvalue weighted by atomic mass is 10.1. The van der Waals surface area contributed by atoms with Crippen molar-refractivity contribution in [1.29, 1.82) is 0 Å². The van der Waals surface area contributed by atoms with Crippen LogP contribution in [0.1, 0.15) is 0 Å². The Morgan fingerprint density at radius 2 is 1.52 bits per heavy atom. The minimum Gasteiger partial charge on any atom is -0.508 e. The molecule has 6 heteroatoms. The van der Waals surface area contributed by atoms with Gasteiger partial charge in [0.15, 0.2) is 0 Å². The molecule has 3 aromatic rings. The van der Waals surface area contributed by atoms with Gasteiger partial charge in [0.1, 0.15) is 17.2 Å². The number of hydrogen-bond donors (Lipinski definition) is 2. The summed E-state index contributed by atoms with van der Waals surface area (Å²) in [5.41, 5.74) is 0. The Bertz CT molecular complexity index is 796. The SMILES string of the molecule is COc1cc(Cl)c(O)cc1Cl.Oc1ccc2cc(Br)ccc2c1. The molecule has 0 heterocycles. The summed E-state index contributed by atoms with van der Waals surface area (Å²) < 4.78 is 5.91. The van der Waals surface area contributed by atoms with Crippen LogP contribution in [0.5, 0.6) is 17.2 Å². The largest absolute Gasteiger partial charge is 0.508 e. The maximum atomic E-state index is 9.19. The van der Waals surface area contributed by atoms with Gasteiger partial charge in [0.2, 0.25) is 0 Å². The van der Waals surface area contributed by atoms with Gasteiger partial charge in [-0.25, -0.2) is 0 Å². The van der Waals surface area contributed by atoms with Gasteiger partial charge in [0.25, 0.3) is 0 Å². The lowest BCUT2D eigenvalue weighted by Crippen LogP contribution is -1.83. The molecule has 120 valence electrons. The molecule has 3 rings (SSSR count). The fourth-order valence-electron chi connectivity index (χ4n) is 1.88. The summed E-state index contributed by atoms with van der Waals surface area (Å²) in [5, 5.41) is 21.0. The number of rotatable bonds is 1. The quantitative estimate of drug-likeness (QED) is 0.511. The molecule has 0 spiro atoms. The predicted molar refractivity (Wildman–Crippen MR) is 98.0 cm³/mol. The van der Waals surface area contributed by atoms with Gasteiger partial charge in [-0.1, -0.05) is 51.3 Å². The molecule has 0 amide bonds. The van der Waals surface area contributed by atoms with E-state index in [2.05, 4.69) is 15.9 Å². The van der Waals surface area contributed by atoms with E-state index in [1.165, 1.54) is 19.2 Å². The van der Waals surface area contributed by atoms with Crippen LogP contribution >= 0.6 is 39.1 Å². The van der Waals surface area contributed by atoms with Crippen LogP contribution in [0.4, 0.5) is 0 Å². The van der Waals surface area contributed by atoms with Gasteiger partial charge < -0.3 is 14.9 Å². The molecule has 3 aromatic carbocycles. The molecule has 0 saturated carbocycles. The molecule has 0 radical (unpaired) electrons. The molecule has 0 aliphatic rings. The van der Waals surface area contributed by atoms with Crippen molar-refractivity contribution in [3.05, 3.63) is 63.0 Å². The average molecular weight is 416 g/mol. The Morgan fingerprint density at radius 1 is 0.870 bits per heavy atom. The van der Waals surface area contributed by atoms with Crippen molar-refractivity contribution in [2.24, 2.45) is 0 Å². The lowest BCUT2D eigenvalue weighted by Gasteiger charge is -2.03. The Hall–Kier alpha value is -1.62. The number of aromatic hydroxyl groups is 2. The van der Waals surface area contributed by atoms with Crippen LogP contribution < -0.4 is 4.74 Å². The topological polar surface area (TPSA) is 49.7 Å². The molecule has 0 fully saturated rings. The molecule has 0 aliphatic heterocycles. The average Bonchev–Trinajstić information content (AvgIpc) is 2.52. The molecule has 0 aliphatic carbocycles. The van der Waals surface area contributed by atoms with Crippen molar-refractivity contribution in [2.75, 3.05) is 7.11 Å². The summed E-state index contributed by atoms with van der Waals surface area (Å²) >= 11 is 14.6. The Balaban J connectivity index is 0.000000168. The first-order valence-electron chi connectivity index (χ1n) is 6.51. The summed E-state index contributed by atoms with van der Waals surface area (Å²) in [6.07, 6.45) is 0. The number of phenolic OH excluding ortho intramolecular Hbond substituents is 2. The van der Waals surface area contributed by atoms with Crippen molar-refractivity contribution in [3.63, 3.8) is 0 Å². The first-order valence-corrected chi connectivity index (χ1v) is 8.06. The molecular formula is C17H13BrCl2O3. The Kier molecular flexibility index (Phi) is 5.99. The third-order valence-corrected chi connectivity index (χ3v) is 4.10. The van der Waals surface area contributed by atoms with E-state index in [4.69, 9.17) is 33.0 Å². The minimum atomic E-state index is -0.0440. The van der Waals surface area contributed by atoms with Gasteiger partial charge in [-0.3, -0.25) is 0 Å². The van der Waals surface area contributed by atoms with Crippen molar-refractivity contribution < 1.29 is 14.9 Å². The van der Waals surface area contributed by atoms with E-state index in [-0.39, 0.29) is 10.8 Å². The maximum Gasteiger partial charge on any atom is 0.139 e. The van der Waals surface area contributed by atoms with Crippen molar-refractivity contribution >= 4 is 49.9 Å². The first kappa shape index (κ1) is 17.7. The van der Waals surface area contributed by atoms with Gasteiger partial charge in [-0.05, 0) is 35.0 Å². The second-order valence-corrected chi connectivity index (χ2v) is 6.34. The number of phenols is 2.